The molecule has 0 aliphatic carbocycles. The van der Waals surface area contributed by atoms with Gasteiger partial charge in [-0.1, -0.05) is 0 Å². The molecule has 0 unspecified atom stereocenters. The van der Waals surface area contributed by atoms with Gasteiger partial charge in [-0.05, 0) is 37.1 Å². The molecule has 2 aromatic rings. The summed E-state index contributed by atoms with van der Waals surface area (Å²) < 4.78 is 60.9. The fourth-order valence-corrected chi connectivity index (χ4v) is 3.77. The van der Waals surface area contributed by atoms with Crippen molar-refractivity contribution in [2.45, 2.75) is 17.5 Å². The molecule has 2 heterocycles. The van der Waals surface area contributed by atoms with Gasteiger partial charge in [0.15, 0.2) is 9.84 Å². The molecule has 0 saturated carbocycles. The highest BCUT2D eigenvalue weighted by molar-refractivity contribution is 7.90. The van der Waals surface area contributed by atoms with E-state index in [2.05, 4.69) is 15.3 Å². The van der Waals surface area contributed by atoms with Crippen LogP contribution in [0.3, 0.4) is 0 Å². The number of sulfone groups is 1. The van der Waals surface area contributed by atoms with Crippen LogP contribution in [0.5, 0.6) is 0 Å². The maximum absolute atomic E-state index is 12.5. The van der Waals surface area contributed by atoms with Gasteiger partial charge in [-0.15, -0.1) is 0 Å². The Balaban J connectivity index is 1.71. The second-order valence-electron chi connectivity index (χ2n) is 6.56. The van der Waals surface area contributed by atoms with E-state index in [9.17, 15) is 21.6 Å². The van der Waals surface area contributed by atoms with Crippen molar-refractivity contribution in [1.29, 1.82) is 0 Å². The smallest absolute Gasteiger partial charge is 0.369 e. The molecule has 10 heteroatoms. The van der Waals surface area contributed by atoms with Crippen LogP contribution in [-0.2, 0) is 9.84 Å². The fourth-order valence-electron chi connectivity index (χ4n) is 3.12. The van der Waals surface area contributed by atoms with Crippen molar-refractivity contribution in [3.63, 3.8) is 0 Å². The Labute approximate surface area is 149 Å². The molecule has 1 aliphatic rings. The summed E-state index contributed by atoms with van der Waals surface area (Å²) >= 11 is 0. The highest BCUT2D eigenvalue weighted by Gasteiger charge is 2.34. The first-order chi connectivity index (χ1) is 12.1. The van der Waals surface area contributed by atoms with Crippen molar-refractivity contribution in [3.8, 4) is 0 Å². The average molecular weight is 388 g/mol. The minimum atomic E-state index is -4.19. The zero-order valence-corrected chi connectivity index (χ0v) is 14.9. The monoisotopic (exact) mass is 388 g/mol. The second kappa shape index (κ2) is 6.99. The van der Waals surface area contributed by atoms with E-state index in [-0.39, 0.29) is 10.8 Å². The molecule has 0 bridgehead atoms. The van der Waals surface area contributed by atoms with Crippen LogP contribution in [0.2, 0.25) is 0 Å². The molecule has 1 fully saturated rings. The molecule has 1 aromatic carbocycles. The third-order valence-corrected chi connectivity index (χ3v) is 5.48. The fraction of sp³-hybridized carbons (Fsp3) is 0.500. The number of benzene rings is 1. The number of anilines is 1. The molecule has 1 N–H and O–H groups in total. The molecule has 1 atom stereocenters. The number of nitrogens with zero attached hydrogens (tertiary/aromatic N) is 3. The number of rotatable bonds is 5. The highest BCUT2D eigenvalue weighted by atomic mass is 32.2. The van der Waals surface area contributed by atoms with E-state index in [4.69, 9.17) is 0 Å². The van der Waals surface area contributed by atoms with E-state index >= 15 is 0 Å². The molecule has 3 rings (SSSR count). The molecule has 6 nitrogen and oxygen atoms in total. The van der Waals surface area contributed by atoms with Crippen LogP contribution in [0.25, 0.3) is 10.9 Å². The Morgan fingerprint density at radius 3 is 2.77 bits per heavy atom. The van der Waals surface area contributed by atoms with Crippen molar-refractivity contribution in [1.82, 2.24) is 14.9 Å². The van der Waals surface area contributed by atoms with Crippen LogP contribution in [0.1, 0.15) is 6.42 Å². The van der Waals surface area contributed by atoms with Crippen molar-refractivity contribution < 1.29 is 21.6 Å². The number of nitrogens with one attached hydrogen (secondary N) is 1. The van der Waals surface area contributed by atoms with Crippen LogP contribution in [0.15, 0.2) is 29.4 Å². The van der Waals surface area contributed by atoms with Crippen molar-refractivity contribution in [2.75, 3.05) is 37.8 Å². The number of hydrogen-bond acceptors (Lipinski definition) is 6. The Morgan fingerprint density at radius 1 is 1.31 bits per heavy atom. The largest absolute Gasteiger partial charge is 0.401 e. The van der Waals surface area contributed by atoms with Gasteiger partial charge in [0.2, 0.25) is 0 Å². The van der Waals surface area contributed by atoms with Gasteiger partial charge in [-0.3, -0.25) is 4.90 Å². The van der Waals surface area contributed by atoms with Crippen LogP contribution >= 0.6 is 0 Å². The third kappa shape index (κ3) is 4.61. The molecule has 0 radical (unpaired) electrons. The number of halogens is 3. The standard InChI is InChI=1S/C16H19F3N4O2S/c1-26(24,25)12-2-3-14-13(6-12)15(22-10-21-14)20-7-11-4-5-23(8-11)9-16(17,18)19/h2-3,6,10-11H,4-5,7-9H2,1H3,(H,20,21,22)/t11-/m1/s1. The first kappa shape index (κ1) is 18.8. The van der Waals surface area contributed by atoms with Gasteiger partial charge in [-0.25, -0.2) is 18.4 Å². The van der Waals surface area contributed by atoms with Crippen LogP contribution < -0.4 is 5.32 Å². The summed E-state index contributed by atoms with van der Waals surface area (Å²) in [5, 5.41) is 3.71. The summed E-state index contributed by atoms with van der Waals surface area (Å²) in [5.74, 6) is 0.551. The summed E-state index contributed by atoms with van der Waals surface area (Å²) in [7, 11) is -3.36. The summed E-state index contributed by atoms with van der Waals surface area (Å²) in [6, 6.07) is 4.61. The van der Waals surface area contributed by atoms with Crippen LogP contribution in [-0.4, -0.2) is 61.9 Å². The number of hydrogen-bond donors (Lipinski definition) is 1. The van der Waals surface area contributed by atoms with Crippen molar-refractivity contribution in [2.24, 2.45) is 5.92 Å². The molecular weight excluding hydrogens is 369 g/mol. The lowest BCUT2D eigenvalue weighted by Crippen LogP contribution is -2.33. The third-order valence-electron chi connectivity index (χ3n) is 4.37. The van der Waals surface area contributed by atoms with E-state index in [1.807, 2.05) is 0 Å². The van der Waals surface area contributed by atoms with Gasteiger partial charge in [-0.2, -0.15) is 13.2 Å². The quantitative estimate of drug-likeness (QED) is 0.847. The first-order valence-electron chi connectivity index (χ1n) is 8.09. The Bertz CT molecular complexity index is 902. The number of fused-ring (bicyclic) bond motifs is 1. The lowest BCUT2D eigenvalue weighted by molar-refractivity contribution is -0.143. The Morgan fingerprint density at radius 2 is 2.08 bits per heavy atom. The minimum absolute atomic E-state index is 0.0699. The van der Waals surface area contributed by atoms with Crippen molar-refractivity contribution >= 4 is 26.6 Å². The molecule has 142 valence electrons. The highest BCUT2D eigenvalue weighted by Crippen LogP contribution is 2.25. The minimum Gasteiger partial charge on any atom is -0.369 e. The zero-order chi connectivity index (χ0) is 18.9. The maximum Gasteiger partial charge on any atom is 0.401 e. The van der Waals surface area contributed by atoms with Gasteiger partial charge in [0.1, 0.15) is 12.1 Å². The van der Waals surface area contributed by atoms with E-state index in [0.29, 0.717) is 42.8 Å². The van der Waals surface area contributed by atoms with Gasteiger partial charge in [0.05, 0.1) is 17.0 Å². The summed E-state index contributed by atoms with van der Waals surface area (Å²) in [6.07, 6.45) is -1.03. The molecule has 0 spiro atoms. The zero-order valence-electron chi connectivity index (χ0n) is 14.1. The average Bonchev–Trinajstić information content (AvgIpc) is 2.97. The topological polar surface area (TPSA) is 75.2 Å². The molecule has 1 aromatic heterocycles. The lowest BCUT2D eigenvalue weighted by Gasteiger charge is -2.18. The Kier molecular flexibility index (Phi) is 5.07. The van der Waals surface area contributed by atoms with Crippen molar-refractivity contribution in [3.05, 3.63) is 24.5 Å². The SMILES string of the molecule is CS(=O)(=O)c1ccc2ncnc(NC[C@H]3CCN(CC(F)(F)F)C3)c2c1. The molecule has 1 aliphatic heterocycles. The molecular formula is C16H19F3N4O2S. The van der Waals surface area contributed by atoms with E-state index in [1.165, 1.54) is 23.4 Å². The van der Waals surface area contributed by atoms with E-state index in [0.717, 1.165) is 6.26 Å². The van der Waals surface area contributed by atoms with Gasteiger partial charge in [0.25, 0.3) is 0 Å². The predicted octanol–water partition coefficient (Wildman–Crippen LogP) is 2.33. The second-order valence-corrected chi connectivity index (χ2v) is 8.58. The van der Waals surface area contributed by atoms with E-state index in [1.54, 1.807) is 6.07 Å². The predicted molar refractivity (Wildman–Crippen MR) is 91.7 cm³/mol. The number of likely N-dealkylation sites (tertiary alicyclic amines) is 1. The van der Waals surface area contributed by atoms with Crippen LogP contribution in [0.4, 0.5) is 19.0 Å². The molecule has 1 saturated heterocycles. The Hall–Kier alpha value is -1.94. The molecule has 0 amide bonds. The molecule has 26 heavy (non-hydrogen) atoms. The first-order valence-corrected chi connectivity index (χ1v) is 9.99. The summed E-state index contributed by atoms with van der Waals surface area (Å²) in [5.41, 5.74) is 0.597. The van der Waals surface area contributed by atoms with Gasteiger partial charge < -0.3 is 5.32 Å². The van der Waals surface area contributed by atoms with Gasteiger partial charge in [0, 0.05) is 24.7 Å². The normalized spacial score (nSPS) is 19.2. The number of aromatic nitrogens is 2. The van der Waals surface area contributed by atoms with E-state index < -0.39 is 22.6 Å². The lowest BCUT2D eigenvalue weighted by atomic mass is 10.1. The summed E-state index contributed by atoms with van der Waals surface area (Å²) in [4.78, 5) is 9.84. The van der Waals surface area contributed by atoms with Gasteiger partial charge >= 0.3 is 6.18 Å². The maximum atomic E-state index is 12.5. The number of alkyl halides is 3. The summed E-state index contributed by atoms with van der Waals surface area (Å²) in [6.45, 7) is 0.347. The van der Waals surface area contributed by atoms with Crippen LogP contribution in [0, 0.1) is 5.92 Å².